The van der Waals surface area contributed by atoms with Crippen molar-refractivity contribution in [3.63, 3.8) is 0 Å². The first kappa shape index (κ1) is 15.4. The summed E-state index contributed by atoms with van der Waals surface area (Å²) in [6.45, 7) is 4.76. The summed E-state index contributed by atoms with van der Waals surface area (Å²) in [4.78, 5) is 21.0. The van der Waals surface area contributed by atoms with E-state index in [9.17, 15) is 4.79 Å². The number of imidazole rings is 1. The Labute approximate surface area is 138 Å². The van der Waals surface area contributed by atoms with Crippen LogP contribution in [0.25, 0.3) is 11.4 Å². The van der Waals surface area contributed by atoms with Crippen molar-refractivity contribution in [1.29, 1.82) is 0 Å². The normalized spacial score (nSPS) is 12.1. The fourth-order valence-electron chi connectivity index (χ4n) is 2.31. The third-order valence-corrected chi connectivity index (χ3v) is 4.19. The Hall–Kier alpha value is -2.54. The lowest BCUT2D eigenvalue weighted by Crippen LogP contribution is -2.28. The molecule has 3 rings (SSSR count). The second kappa shape index (κ2) is 6.70. The Bertz CT molecular complexity index is 796. The summed E-state index contributed by atoms with van der Waals surface area (Å²) in [5, 5.41) is 3.28. The average molecular weight is 327 g/mol. The molecule has 6 nitrogen and oxygen atoms in total. The molecule has 1 unspecified atom stereocenters. The van der Waals surface area contributed by atoms with Crippen LogP contribution in [0.2, 0.25) is 0 Å². The number of carbonyl (C=O) groups is 1. The van der Waals surface area contributed by atoms with Gasteiger partial charge in [-0.2, -0.15) is 4.37 Å². The van der Waals surface area contributed by atoms with Crippen LogP contribution in [-0.4, -0.2) is 24.8 Å². The van der Waals surface area contributed by atoms with Crippen molar-refractivity contribution in [2.24, 2.45) is 0 Å². The van der Waals surface area contributed by atoms with Gasteiger partial charge < -0.3 is 9.88 Å². The molecule has 3 aromatic rings. The van der Waals surface area contributed by atoms with Gasteiger partial charge in [-0.25, -0.2) is 9.97 Å². The highest BCUT2D eigenvalue weighted by Crippen LogP contribution is 2.18. The molecule has 0 aliphatic carbocycles. The molecule has 1 amide bonds. The molecule has 0 fully saturated rings. The third-order valence-electron chi connectivity index (χ3n) is 3.48. The molecule has 2 heterocycles. The summed E-state index contributed by atoms with van der Waals surface area (Å²) in [7, 11) is 0. The Kier molecular flexibility index (Phi) is 4.47. The molecule has 0 radical (unpaired) electrons. The van der Waals surface area contributed by atoms with Crippen molar-refractivity contribution >= 4 is 17.4 Å². The number of amides is 1. The second-order valence-electron chi connectivity index (χ2n) is 5.06. The molecule has 0 saturated carbocycles. The maximum absolute atomic E-state index is 12.4. The zero-order valence-corrected chi connectivity index (χ0v) is 13.7. The van der Waals surface area contributed by atoms with Crippen molar-refractivity contribution in [2.75, 3.05) is 0 Å². The van der Waals surface area contributed by atoms with E-state index in [-0.39, 0.29) is 11.9 Å². The largest absolute Gasteiger partial charge is 0.340 e. The van der Waals surface area contributed by atoms with Crippen LogP contribution in [-0.2, 0) is 6.54 Å². The van der Waals surface area contributed by atoms with Gasteiger partial charge in [0.15, 0.2) is 5.82 Å². The van der Waals surface area contributed by atoms with Gasteiger partial charge in [0.25, 0.3) is 5.91 Å². The predicted molar refractivity (Wildman–Crippen MR) is 89.1 cm³/mol. The maximum atomic E-state index is 12.4. The molecule has 118 valence electrons. The summed E-state index contributed by atoms with van der Waals surface area (Å²) in [6.07, 6.45) is 3.64. The Morgan fingerprint density at radius 2 is 2.13 bits per heavy atom. The SMILES string of the molecule is CCn1ccnc1C(C)NC(=O)c1nc(-c2ccccc2)ns1. The van der Waals surface area contributed by atoms with E-state index in [1.165, 1.54) is 0 Å². The molecule has 0 aliphatic rings. The molecular weight excluding hydrogens is 310 g/mol. The maximum Gasteiger partial charge on any atom is 0.282 e. The Morgan fingerprint density at radius 3 is 2.87 bits per heavy atom. The van der Waals surface area contributed by atoms with Gasteiger partial charge in [-0.1, -0.05) is 30.3 Å². The number of aryl methyl sites for hydroxylation is 1. The zero-order chi connectivity index (χ0) is 16.2. The first-order valence-electron chi connectivity index (χ1n) is 7.40. The van der Waals surface area contributed by atoms with Gasteiger partial charge in [-0.15, -0.1) is 0 Å². The van der Waals surface area contributed by atoms with Gasteiger partial charge in [0.1, 0.15) is 5.82 Å². The highest BCUT2D eigenvalue weighted by molar-refractivity contribution is 7.07. The van der Waals surface area contributed by atoms with Crippen molar-refractivity contribution in [3.8, 4) is 11.4 Å². The summed E-state index contributed by atoms with van der Waals surface area (Å²) in [5.74, 6) is 1.17. The van der Waals surface area contributed by atoms with Crippen LogP contribution in [0.5, 0.6) is 0 Å². The van der Waals surface area contributed by atoms with Crippen LogP contribution in [0.1, 0.15) is 35.5 Å². The van der Waals surface area contributed by atoms with Crippen LogP contribution in [0.15, 0.2) is 42.7 Å². The van der Waals surface area contributed by atoms with Gasteiger partial charge in [0.05, 0.1) is 6.04 Å². The van der Waals surface area contributed by atoms with Gasteiger partial charge in [0.2, 0.25) is 5.01 Å². The average Bonchev–Trinajstić information content (AvgIpc) is 3.24. The first-order chi connectivity index (χ1) is 11.2. The van der Waals surface area contributed by atoms with E-state index >= 15 is 0 Å². The van der Waals surface area contributed by atoms with E-state index in [1.54, 1.807) is 6.20 Å². The van der Waals surface area contributed by atoms with E-state index in [4.69, 9.17) is 0 Å². The van der Waals surface area contributed by atoms with E-state index in [0.717, 1.165) is 29.5 Å². The molecule has 23 heavy (non-hydrogen) atoms. The van der Waals surface area contributed by atoms with Gasteiger partial charge in [-0.3, -0.25) is 4.79 Å². The topological polar surface area (TPSA) is 72.7 Å². The smallest absolute Gasteiger partial charge is 0.282 e. The Morgan fingerprint density at radius 1 is 1.35 bits per heavy atom. The lowest BCUT2D eigenvalue weighted by Gasteiger charge is -2.13. The summed E-state index contributed by atoms with van der Waals surface area (Å²) < 4.78 is 6.26. The van der Waals surface area contributed by atoms with Crippen LogP contribution >= 0.6 is 11.5 Å². The summed E-state index contributed by atoms with van der Waals surface area (Å²) in [5.41, 5.74) is 0.900. The van der Waals surface area contributed by atoms with Crippen LogP contribution in [0.4, 0.5) is 0 Å². The second-order valence-corrected chi connectivity index (χ2v) is 5.81. The van der Waals surface area contributed by atoms with Crippen LogP contribution in [0.3, 0.4) is 0 Å². The zero-order valence-electron chi connectivity index (χ0n) is 12.9. The van der Waals surface area contributed by atoms with E-state index in [2.05, 4.69) is 19.7 Å². The third kappa shape index (κ3) is 3.29. The lowest BCUT2D eigenvalue weighted by molar-refractivity contribution is 0.0937. The molecule has 2 aromatic heterocycles. The predicted octanol–water partition coefficient (Wildman–Crippen LogP) is 2.91. The molecule has 0 bridgehead atoms. The monoisotopic (exact) mass is 327 g/mol. The number of aromatic nitrogens is 4. The van der Waals surface area contributed by atoms with Gasteiger partial charge >= 0.3 is 0 Å². The Balaban J connectivity index is 1.73. The molecule has 0 spiro atoms. The number of rotatable bonds is 5. The number of nitrogens with zero attached hydrogens (tertiary/aromatic N) is 4. The van der Waals surface area contributed by atoms with E-state index in [0.29, 0.717) is 10.8 Å². The number of benzene rings is 1. The summed E-state index contributed by atoms with van der Waals surface area (Å²) in [6, 6.07) is 9.42. The standard InChI is InChI=1S/C16H17N5OS/c1-3-21-10-9-17-14(21)11(2)18-15(22)16-19-13(20-23-16)12-7-5-4-6-8-12/h4-11H,3H2,1-2H3,(H,18,22). The molecule has 0 aliphatic heterocycles. The minimum atomic E-state index is -0.233. The fraction of sp³-hybridized carbons (Fsp3) is 0.250. The van der Waals surface area contributed by atoms with E-state index in [1.807, 2.05) is 54.9 Å². The number of carbonyl (C=O) groups excluding carboxylic acids is 1. The lowest BCUT2D eigenvalue weighted by atomic mass is 10.2. The number of hydrogen-bond donors (Lipinski definition) is 1. The van der Waals surface area contributed by atoms with Crippen LogP contribution < -0.4 is 5.32 Å². The van der Waals surface area contributed by atoms with Crippen LogP contribution in [0, 0.1) is 0 Å². The van der Waals surface area contributed by atoms with E-state index < -0.39 is 0 Å². The number of nitrogens with one attached hydrogen (secondary N) is 1. The molecule has 7 heteroatoms. The van der Waals surface area contributed by atoms with Crippen molar-refractivity contribution in [2.45, 2.75) is 26.4 Å². The van der Waals surface area contributed by atoms with Crippen molar-refractivity contribution in [3.05, 3.63) is 53.6 Å². The number of hydrogen-bond acceptors (Lipinski definition) is 5. The molecule has 1 N–H and O–H groups in total. The van der Waals surface area contributed by atoms with Gasteiger partial charge in [-0.05, 0) is 25.4 Å². The minimum absolute atomic E-state index is 0.193. The van der Waals surface area contributed by atoms with Crippen molar-refractivity contribution < 1.29 is 4.79 Å². The van der Waals surface area contributed by atoms with Crippen molar-refractivity contribution in [1.82, 2.24) is 24.2 Å². The minimum Gasteiger partial charge on any atom is -0.340 e. The van der Waals surface area contributed by atoms with Gasteiger partial charge in [0, 0.05) is 24.5 Å². The highest BCUT2D eigenvalue weighted by Gasteiger charge is 2.18. The quantitative estimate of drug-likeness (QED) is 0.782. The fourth-order valence-corrected chi connectivity index (χ4v) is 2.90. The molecule has 1 aromatic carbocycles. The molecule has 1 atom stereocenters. The molecular formula is C16H17N5OS. The summed E-state index contributed by atoms with van der Waals surface area (Å²) >= 11 is 1.10. The first-order valence-corrected chi connectivity index (χ1v) is 8.17. The molecule has 0 saturated heterocycles. The highest BCUT2D eigenvalue weighted by atomic mass is 32.1.